The van der Waals surface area contributed by atoms with Crippen molar-refractivity contribution in [3.8, 4) is 11.5 Å². The van der Waals surface area contributed by atoms with Crippen LogP contribution in [0, 0.1) is 11.7 Å². The maximum atomic E-state index is 14.2. The molecule has 0 atom stereocenters. The quantitative estimate of drug-likeness (QED) is 0.854. The van der Waals surface area contributed by atoms with E-state index < -0.39 is 20.7 Å². The molecule has 0 spiro atoms. The molecule has 2 N–H and O–H groups in total. The number of hydrogen-bond acceptors (Lipinski definition) is 5. The van der Waals surface area contributed by atoms with Gasteiger partial charge in [-0.2, -0.15) is 4.31 Å². The molecule has 1 heterocycles. The normalized spacial score (nSPS) is 16.7. The molecule has 0 aliphatic carbocycles. The average molecular weight is 369 g/mol. The lowest BCUT2D eigenvalue weighted by molar-refractivity contribution is 0.277. The Labute approximate surface area is 142 Å². The van der Waals surface area contributed by atoms with Gasteiger partial charge in [-0.05, 0) is 25.3 Å². The second kappa shape index (κ2) is 8.14. The fourth-order valence-corrected chi connectivity index (χ4v) is 4.09. The topological polar surface area (TPSA) is 81.9 Å². The number of hydrogen-bond donors (Lipinski definition) is 1. The molecule has 0 amide bonds. The molecule has 0 bridgehead atoms. The van der Waals surface area contributed by atoms with Crippen molar-refractivity contribution in [2.45, 2.75) is 17.7 Å². The number of nitrogens with two attached hydrogens (primary N) is 1. The summed E-state index contributed by atoms with van der Waals surface area (Å²) in [6, 6.07) is 2.19. The van der Waals surface area contributed by atoms with Gasteiger partial charge in [0.25, 0.3) is 0 Å². The number of piperidine rings is 1. The summed E-state index contributed by atoms with van der Waals surface area (Å²) in [7, 11) is -1.16. The van der Waals surface area contributed by atoms with Crippen molar-refractivity contribution >= 4 is 22.4 Å². The van der Waals surface area contributed by atoms with Crippen LogP contribution in [0.4, 0.5) is 4.39 Å². The first-order valence-corrected chi connectivity index (χ1v) is 8.49. The lowest BCUT2D eigenvalue weighted by Gasteiger charge is -2.30. The summed E-state index contributed by atoms with van der Waals surface area (Å²) in [6.07, 6.45) is 1.37. The fourth-order valence-electron chi connectivity index (χ4n) is 2.56. The number of sulfonamides is 1. The number of methoxy groups -OCH3 is 2. The van der Waals surface area contributed by atoms with Crippen molar-refractivity contribution in [2.24, 2.45) is 11.7 Å². The first-order valence-electron chi connectivity index (χ1n) is 7.05. The van der Waals surface area contributed by atoms with E-state index in [1.165, 1.54) is 24.6 Å². The van der Waals surface area contributed by atoms with E-state index in [1.807, 2.05) is 0 Å². The Bertz CT molecular complexity index is 634. The molecule has 6 nitrogen and oxygen atoms in total. The second-order valence-electron chi connectivity index (χ2n) is 5.22. The number of benzene rings is 1. The predicted molar refractivity (Wildman–Crippen MR) is 87.3 cm³/mol. The van der Waals surface area contributed by atoms with Crippen molar-refractivity contribution in [2.75, 3.05) is 33.9 Å². The first-order chi connectivity index (χ1) is 10.4. The zero-order chi connectivity index (χ0) is 16.3. The highest BCUT2D eigenvalue weighted by atomic mass is 35.5. The summed E-state index contributed by atoms with van der Waals surface area (Å²) in [5.74, 6) is -0.194. The molecule has 1 aromatic carbocycles. The van der Waals surface area contributed by atoms with Crippen LogP contribution in [0.2, 0.25) is 0 Å². The number of halogens is 2. The Balaban J connectivity index is 0.00000264. The number of rotatable bonds is 5. The lowest BCUT2D eigenvalue weighted by Crippen LogP contribution is -2.40. The van der Waals surface area contributed by atoms with Gasteiger partial charge in [0.15, 0.2) is 11.5 Å². The maximum absolute atomic E-state index is 14.2. The molecular weight excluding hydrogens is 347 g/mol. The molecule has 1 fully saturated rings. The SMILES string of the molecule is COc1cc(F)c(S(=O)(=O)N2CCC(CN)CC2)cc1OC.Cl. The van der Waals surface area contributed by atoms with Crippen LogP contribution in [0.15, 0.2) is 17.0 Å². The van der Waals surface area contributed by atoms with Gasteiger partial charge in [-0.25, -0.2) is 12.8 Å². The van der Waals surface area contributed by atoms with E-state index in [2.05, 4.69) is 0 Å². The minimum absolute atomic E-state index is 0. The van der Waals surface area contributed by atoms with Crippen LogP contribution < -0.4 is 15.2 Å². The maximum Gasteiger partial charge on any atom is 0.246 e. The Morgan fingerprint density at radius 3 is 2.22 bits per heavy atom. The smallest absolute Gasteiger partial charge is 0.246 e. The number of ether oxygens (including phenoxy) is 2. The van der Waals surface area contributed by atoms with Gasteiger partial charge in [0.2, 0.25) is 10.0 Å². The fraction of sp³-hybridized carbons (Fsp3) is 0.571. The molecular formula is C14H22ClFN2O4S. The van der Waals surface area contributed by atoms with E-state index in [0.29, 0.717) is 38.4 Å². The van der Waals surface area contributed by atoms with Gasteiger partial charge < -0.3 is 15.2 Å². The van der Waals surface area contributed by atoms with Gasteiger partial charge in [0, 0.05) is 25.2 Å². The monoisotopic (exact) mass is 368 g/mol. The van der Waals surface area contributed by atoms with Crippen LogP contribution in [-0.4, -0.2) is 46.6 Å². The van der Waals surface area contributed by atoms with E-state index in [9.17, 15) is 12.8 Å². The molecule has 0 radical (unpaired) electrons. The molecule has 1 aromatic rings. The molecule has 0 unspecified atom stereocenters. The third-order valence-electron chi connectivity index (χ3n) is 3.96. The average Bonchev–Trinajstić information content (AvgIpc) is 2.54. The van der Waals surface area contributed by atoms with E-state index in [-0.39, 0.29) is 23.9 Å². The summed E-state index contributed by atoms with van der Waals surface area (Å²) in [6.45, 7) is 1.23. The minimum atomic E-state index is -3.90. The Morgan fingerprint density at radius 2 is 1.74 bits per heavy atom. The summed E-state index contributed by atoms with van der Waals surface area (Å²) in [5.41, 5.74) is 5.60. The molecule has 9 heteroatoms. The van der Waals surface area contributed by atoms with Gasteiger partial charge in [-0.3, -0.25) is 0 Å². The van der Waals surface area contributed by atoms with Crippen molar-refractivity contribution in [3.05, 3.63) is 17.9 Å². The predicted octanol–water partition coefficient (Wildman–Crippen LogP) is 1.62. The Morgan fingerprint density at radius 1 is 1.22 bits per heavy atom. The summed E-state index contributed by atoms with van der Waals surface area (Å²) >= 11 is 0. The first kappa shape index (κ1) is 20.0. The minimum Gasteiger partial charge on any atom is -0.493 e. The van der Waals surface area contributed by atoms with Crippen LogP contribution >= 0.6 is 12.4 Å². The summed E-state index contributed by atoms with van der Waals surface area (Å²) in [5, 5.41) is 0. The van der Waals surface area contributed by atoms with Crippen molar-refractivity contribution in [3.63, 3.8) is 0 Å². The highest BCUT2D eigenvalue weighted by molar-refractivity contribution is 7.89. The molecule has 132 valence electrons. The van der Waals surface area contributed by atoms with Crippen LogP contribution in [0.1, 0.15) is 12.8 Å². The summed E-state index contributed by atoms with van der Waals surface area (Å²) in [4.78, 5) is -0.392. The molecule has 1 aliphatic rings. The highest BCUT2D eigenvalue weighted by Gasteiger charge is 2.32. The zero-order valence-electron chi connectivity index (χ0n) is 13.1. The Hall–Kier alpha value is -1.09. The molecule has 23 heavy (non-hydrogen) atoms. The van der Waals surface area contributed by atoms with Crippen LogP contribution in [-0.2, 0) is 10.0 Å². The third-order valence-corrected chi connectivity index (χ3v) is 5.88. The van der Waals surface area contributed by atoms with E-state index in [1.54, 1.807) is 0 Å². The van der Waals surface area contributed by atoms with Gasteiger partial charge in [0.1, 0.15) is 10.7 Å². The third kappa shape index (κ3) is 4.06. The standard InChI is InChI=1S/C14H21FN2O4S.ClH/c1-20-12-7-11(15)14(8-13(12)21-2)22(18,19)17-5-3-10(9-16)4-6-17;/h7-8,10H,3-6,9,16H2,1-2H3;1H. The van der Waals surface area contributed by atoms with Gasteiger partial charge >= 0.3 is 0 Å². The second-order valence-corrected chi connectivity index (χ2v) is 7.13. The molecule has 1 aliphatic heterocycles. The molecule has 0 aromatic heterocycles. The van der Waals surface area contributed by atoms with E-state index in [0.717, 1.165) is 6.07 Å². The van der Waals surface area contributed by atoms with E-state index in [4.69, 9.17) is 15.2 Å². The van der Waals surface area contributed by atoms with Crippen LogP contribution in [0.25, 0.3) is 0 Å². The molecule has 2 rings (SSSR count). The van der Waals surface area contributed by atoms with Gasteiger partial charge in [-0.1, -0.05) is 0 Å². The van der Waals surface area contributed by atoms with Crippen LogP contribution in [0.3, 0.4) is 0 Å². The number of nitrogens with zero attached hydrogens (tertiary/aromatic N) is 1. The van der Waals surface area contributed by atoms with Gasteiger partial charge in [-0.15, -0.1) is 12.4 Å². The summed E-state index contributed by atoms with van der Waals surface area (Å²) < 4.78 is 50.8. The largest absolute Gasteiger partial charge is 0.493 e. The Kier molecular flexibility index (Phi) is 7.06. The van der Waals surface area contributed by atoms with Crippen LogP contribution in [0.5, 0.6) is 11.5 Å². The van der Waals surface area contributed by atoms with Crippen molar-refractivity contribution in [1.29, 1.82) is 0 Å². The highest BCUT2D eigenvalue weighted by Crippen LogP contribution is 2.34. The lowest BCUT2D eigenvalue weighted by atomic mass is 9.99. The van der Waals surface area contributed by atoms with E-state index >= 15 is 0 Å². The zero-order valence-corrected chi connectivity index (χ0v) is 14.8. The van der Waals surface area contributed by atoms with Gasteiger partial charge in [0.05, 0.1) is 14.2 Å². The molecule has 0 saturated carbocycles. The van der Waals surface area contributed by atoms with Crippen molar-refractivity contribution < 1.29 is 22.3 Å². The van der Waals surface area contributed by atoms with Crippen molar-refractivity contribution in [1.82, 2.24) is 4.31 Å². The molecule has 1 saturated heterocycles.